The lowest BCUT2D eigenvalue weighted by Crippen LogP contribution is -2.19. The van der Waals surface area contributed by atoms with E-state index in [1.54, 1.807) is 25.3 Å². The maximum Gasteiger partial charge on any atom is 0.198 e. The van der Waals surface area contributed by atoms with E-state index in [-0.39, 0.29) is 34.2 Å². The van der Waals surface area contributed by atoms with Crippen molar-refractivity contribution in [1.29, 1.82) is 0 Å². The molecule has 3 rings (SSSR count). The number of rotatable bonds is 10. The predicted octanol–water partition coefficient (Wildman–Crippen LogP) is 7.77. The van der Waals surface area contributed by atoms with Crippen LogP contribution in [0.4, 0.5) is 20.2 Å². The molecule has 0 amide bonds. The second-order valence-corrected chi connectivity index (χ2v) is 11.3. The van der Waals surface area contributed by atoms with Crippen LogP contribution in [-0.2, 0) is 11.0 Å². The second kappa shape index (κ2) is 12.4. The number of anilines is 2. The molecule has 0 aliphatic carbocycles. The third-order valence-corrected chi connectivity index (χ3v) is 7.16. The molecule has 204 valence electrons. The van der Waals surface area contributed by atoms with Gasteiger partial charge in [-0.05, 0) is 64.8 Å². The third-order valence-electron chi connectivity index (χ3n) is 6.56. The molecule has 0 atom stereocenters. The van der Waals surface area contributed by atoms with Gasteiger partial charge >= 0.3 is 0 Å². The minimum Gasteiger partial charge on any atom is -0.496 e. The van der Waals surface area contributed by atoms with Crippen molar-refractivity contribution in [3.63, 3.8) is 0 Å². The van der Waals surface area contributed by atoms with E-state index in [1.807, 2.05) is 0 Å². The predicted molar refractivity (Wildman–Crippen MR) is 155 cm³/mol. The summed E-state index contributed by atoms with van der Waals surface area (Å²) in [6, 6.07) is 8.10. The van der Waals surface area contributed by atoms with Crippen LogP contribution in [0.15, 0.2) is 36.4 Å². The largest absolute Gasteiger partial charge is 0.496 e. The number of hydrogen-bond donors (Lipinski definition) is 1. The molecule has 0 aliphatic rings. The molecule has 38 heavy (non-hydrogen) atoms. The summed E-state index contributed by atoms with van der Waals surface area (Å²) < 4.78 is 39.2. The summed E-state index contributed by atoms with van der Waals surface area (Å²) in [7, 11) is 2.17. The molecule has 0 saturated carbocycles. The molecular weight excluding hydrogens is 524 g/mol. The molecule has 0 saturated heterocycles. The molecule has 4 nitrogen and oxygen atoms in total. The summed E-state index contributed by atoms with van der Waals surface area (Å²) in [5, 5.41) is 3.10. The molecule has 0 bridgehead atoms. The molecule has 0 heterocycles. The topological polar surface area (TPSA) is 47.6 Å². The van der Waals surface area contributed by atoms with Crippen molar-refractivity contribution in [1.82, 2.24) is 0 Å². The first-order chi connectivity index (χ1) is 17.9. The number of ketones is 1. The van der Waals surface area contributed by atoms with Gasteiger partial charge in [0.05, 0.1) is 30.0 Å². The zero-order chi connectivity index (χ0) is 28.3. The van der Waals surface area contributed by atoms with Crippen molar-refractivity contribution in [3.8, 4) is 5.75 Å². The van der Waals surface area contributed by atoms with E-state index < -0.39 is 11.6 Å². The molecule has 0 unspecified atom stereocenters. The second-order valence-electron chi connectivity index (χ2n) is 10.3. The Kier molecular flexibility index (Phi) is 9.73. The number of carbonyl (C=O) groups excluding carboxylic acids is 1. The zero-order valence-corrected chi connectivity index (χ0v) is 26.0. The molecule has 8 heteroatoms. The molecule has 0 fully saturated rings. The first-order valence-corrected chi connectivity index (χ1v) is 13.9. The number of benzene rings is 3. The van der Waals surface area contributed by atoms with Crippen LogP contribution in [0.5, 0.6) is 5.75 Å². The minimum absolute atomic E-state index is 0.0227. The smallest absolute Gasteiger partial charge is 0.198 e. The molecule has 0 radical (unpaired) electrons. The Morgan fingerprint density at radius 1 is 0.947 bits per heavy atom. The molecule has 3 aromatic rings. The van der Waals surface area contributed by atoms with Gasteiger partial charge < -0.3 is 14.5 Å². The molecular formula is C30H36ClF2NO3Si. The van der Waals surface area contributed by atoms with Crippen molar-refractivity contribution in [2.45, 2.75) is 65.9 Å². The highest BCUT2D eigenvalue weighted by Crippen LogP contribution is 2.45. The van der Waals surface area contributed by atoms with Crippen molar-refractivity contribution < 1.29 is 22.7 Å². The van der Waals surface area contributed by atoms with Crippen LogP contribution in [-0.4, -0.2) is 23.4 Å². The van der Waals surface area contributed by atoms with Crippen molar-refractivity contribution >= 4 is 39.2 Å². The van der Waals surface area contributed by atoms with Crippen LogP contribution in [0.25, 0.3) is 0 Å². The van der Waals surface area contributed by atoms with Crippen LogP contribution in [0.1, 0.15) is 97.5 Å². The van der Waals surface area contributed by atoms with Gasteiger partial charge in [-0.25, -0.2) is 8.78 Å². The van der Waals surface area contributed by atoms with Crippen LogP contribution >= 0.6 is 11.6 Å². The van der Waals surface area contributed by atoms with Gasteiger partial charge in [-0.2, -0.15) is 0 Å². The standard InChI is InChI=1S/C30H36ClF2NO3Si/c1-15(2)25-21(14-37-38)26(16(3)4)28(30(36-7)27(25)17(5)6)29(35)20-10-9-19(13-22(20)31)34-24-11-8-18(32)12-23(24)33/h8-13,15-17,34H,14H2,1-7,38H3. The summed E-state index contributed by atoms with van der Waals surface area (Å²) in [5.74, 6) is -0.738. The minimum atomic E-state index is -0.729. The summed E-state index contributed by atoms with van der Waals surface area (Å²) >= 11 is 6.64. The highest BCUT2D eigenvalue weighted by atomic mass is 35.5. The maximum absolute atomic E-state index is 14.2. The van der Waals surface area contributed by atoms with E-state index in [0.717, 1.165) is 28.8 Å². The van der Waals surface area contributed by atoms with Crippen LogP contribution in [0.2, 0.25) is 5.02 Å². The fourth-order valence-electron chi connectivity index (χ4n) is 5.10. The number of carbonyl (C=O) groups is 1. The number of halogens is 3. The SMILES string of the molecule is COc1c(C(=O)c2ccc(Nc3ccc(F)cc3F)cc2Cl)c(C(C)C)c(CO[SiH3])c(C(C)C)c1C(C)C. The Morgan fingerprint density at radius 2 is 1.58 bits per heavy atom. The lowest BCUT2D eigenvalue weighted by atomic mass is 9.77. The Balaban J connectivity index is 2.22. The Bertz CT molecular complexity index is 1340. The molecule has 0 aromatic heterocycles. The summed E-state index contributed by atoms with van der Waals surface area (Å²) in [6.07, 6.45) is 0. The number of methoxy groups -OCH3 is 1. The van der Waals surface area contributed by atoms with Crippen LogP contribution in [0, 0.1) is 11.6 Å². The van der Waals surface area contributed by atoms with Gasteiger partial charge in [0.2, 0.25) is 0 Å². The molecule has 1 N–H and O–H groups in total. The van der Waals surface area contributed by atoms with E-state index in [2.05, 4.69) is 46.9 Å². The van der Waals surface area contributed by atoms with Gasteiger partial charge in [0.1, 0.15) is 27.9 Å². The number of nitrogens with one attached hydrogen (secondary N) is 1. The van der Waals surface area contributed by atoms with Gasteiger partial charge in [0.25, 0.3) is 0 Å². The van der Waals surface area contributed by atoms with Crippen molar-refractivity contribution in [3.05, 3.63) is 86.4 Å². The lowest BCUT2D eigenvalue weighted by molar-refractivity contribution is 0.103. The van der Waals surface area contributed by atoms with Crippen molar-refractivity contribution in [2.75, 3.05) is 12.4 Å². The first-order valence-electron chi connectivity index (χ1n) is 12.7. The van der Waals surface area contributed by atoms with E-state index in [0.29, 0.717) is 39.7 Å². The monoisotopic (exact) mass is 559 g/mol. The van der Waals surface area contributed by atoms with Gasteiger partial charge in [0, 0.05) is 22.9 Å². The fraction of sp³-hybridized carbons (Fsp3) is 0.367. The fourth-order valence-corrected chi connectivity index (χ4v) is 5.66. The Labute approximate surface area is 232 Å². The number of ether oxygens (including phenoxy) is 1. The average molecular weight is 560 g/mol. The quantitative estimate of drug-likeness (QED) is 0.204. The molecule has 0 spiro atoms. The Hall–Kier alpha value is -2.74. The number of hydrogen-bond acceptors (Lipinski definition) is 4. The highest BCUT2D eigenvalue weighted by Gasteiger charge is 2.32. The van der Waals surface area contributed by atoms with E-state index >= 15 is 0 Å². The molecule has 0 aliphatic heterocycles. The maximum atomic E-state index is 14.2. The summed E-state index contributed by atoms with van der Waals surface area (Å²) in [4.78, 5) is 14.2. The normalized spacial score (nSPS) is 11.6. The van der Waals surface area contributed by atoms with Crippen molar-refractivity contribution in [2.24, 2.45) is 0 Å². The van der Waals surface area contributed by atoms with E-state index in [9.17, 15) is 13.6 Å². The van der Waals surface area contributed by atoms with E-state index in [1.165, 1.54) is 11.6 Å². The Morgan fingerprint density at radius 3 is 2.08 bits per heavy atom. The summed E-state index contributed by atoms with van der Waals surface area (Å²) in [6.45, 7) is 13.0. The average Bonchev–Trinajstić information content (AvgIpc) is 2.84. The van der Waals surface area contributed by atoms with E-state index in [4.69, 9.17) is 20.8 Å². The highest BCUT2D eigenvalue weighted by molar-refractivity contribution is 6.35. The third kappa shape index (κ3) is 5.95. The van der Waals surface area contributed by atoms with Gasteiger partial charge in [-0.1, -0.05) is 53.1 Å². The van der Waals surface area contributed by atoms with Gasteiger partial charge in [-0.15, -0.1) is 0 Å². The van der Waals surface area contributed by atoms with Crippen LogP contribution in [0.3, 0.4) is 0 Å². The van der Waals surface area contributed by atoms with Crippen LogP contribution < -0.4 is 10.1 Å². The summed E-state index contributed by atoms with van der Waals surface area (Å²) in [5.41, 5.74) is 5.49. The lowest BCUT2D eigenvalue weighted by Gasteiger charge is -2.30. The van der Waals surface area contributed by atoms with Gasteiger partial charge in [0.15, 0.2) is 5.78 Å². The molecule has 3 aromatic carbocycles. The zero-order valence-electron chi connectivity index (χ0n) is 23.3. The first kappa shape index (κ1) is 29.8. The van der Waals surface area contributed by atoms with Gasteiger partial charge in [-0.3, -0.25) is 4.79 Å².